The smallest absolute Gasteiger partial charge is 0.264 e. The van der Waals surface area contributed by atoms with Gasteiger partial charge in [-0.25, -0.2) is 0 Å². The summed E-state index contributed by atoms with van der Waals surface area (Å²) in [4.78, 5) is 49.8. The van der Waals surface area contributed by atoms with Crippen molar-refractivity contribution in [3.8, 4) is 0 Å². The lowest BCUT2D eigenvalue weighted by molar-refractivity contribution is -0.136. The second-order valence-corrected chi connectivity index (χ2v) is 5.94. The van der Waals surface area contributed by atoms with Crippen molar-refractivity contribution < 1.29 is 29.0 Å². The maximum absolute atomic E-state index is 12.8. The van der Waals surface area contributed by atoms with Gasteiger partial charge in [-0.2, -0.15) is 0 Å². The summed E-state index contributed by atoms with van der Waals surface area (Å²) in [6.07, 6.45) is 0.199. The van der Waals surface area contributed by atoms with Gasteiger partial charge in [0.25, 0.3) is 11.8 Å². The normalized spacial score (nSPS) is 19.6. The van der Waals surface area contributed by atoms with Gasteiger partial charge >= 0.3 is 0 Å². The summed E-state index contributed by atoms with van der Waals surface area (Å²) < 4.78 is 5.15. The van der Waals surface area contributed by atoms with E-state index in [0.717, 1.165) is 4.90 Å². The van der Waals surface area contributed by atoms with E-state index in [1.807, 2.05) is 0 Å². The molecule has 0 spiro atoms. The predicted octanol–water partition coefficient (Wildman–Crippen LogP) is -0.491. The summed E-state index contributed by atoms with van der Waals surface area (Å²) in [6, 6.07) is 3.87. The Morgan fingerprint density at radius 1 is 1.19 bits per heavy atom. The lowest BCUT2D eigenvalue weighted by Crippen LogP contribution is -2.54. The Kier molecular flexibility index (Phi) is 5.29. The summed E-state index contributed by atoms with van der Waals surface area (Å²) in [5.41, 5.74) is 0.911. The fraction of sp³-hybridized carbons (Fsp3) is 0.412. The van der Waals surface area contributed by atoms with Crippen LogP contribution in [0.15, 0.2) is 18.2 Å². The number of aliphatic hydroxyl groups is 1. The summed E-state index contributed by atoms with van der Waals surface area (Å²) in [5.74, 6) is -2.14. The minimum absolute atomic E-state index is 0.0748. The highest BCUT2D eigenvalue weighted by molar-refractivity contribution is 6.25. The topological polar surface area (TPSA) is 125 Å². The number of piperidine rings is 1. The van der Waals surface area contributed by atoms with Crippen molar-refractivity contribution in [3.05, 3.63) is 29.3 Å². The van der Waals surface area contributed by atoms with Crippen molar-refractivity contribution in [2.45, 2.75) is 18.9 Å². The predicted molar refractivity (Wildman–Crippen MR) is 89.5 cm³/mol. The molecule has 0 aliphatic carbocycles. The number of hydrogen-bond acceptors (Lipinski definition) is 7. The van der Waals surface area contributed by atoms with E-state index in [9.17, 15) is 19.2 Å². The largest absolute Gasteiger partial charge is 0.394 e. The Balaban J connectivity index is 1.78. The van der Waals surface area contributed by atoms with Gasteiger partial charge in [0.1, 0.15) is 6.04 Å². The van der Waals surface area contributed by atoms with Crippen molar-refractivity contribution >= 4 is 29.3 Å². The minimum Gasteiger partial charge on any atom is -0.394 e. The van der Waals surface area contributed by atoms with Crippen molar-refractivity contribution in [1.82, 2.24) is 10.2 Å². The lowest BCUT2D eigenvalue weighted by Gasteiger charge is -2.27. The zero-order valence-corrected chi connectivity index (χ0v) is 14.0. The first-order valence-electron chi connectivity index (χ1n) is 8.31. The Morgan fingerprint density at radius 2 is 2.00 bits per heavy atom. The van der Waals surface area contributed by atoms with E-state index in [-0.39, 0.29) is 37.2 Å². The molecular formula is C17H19N3O6. The number of carbonyl (C=O) groups is 4. The molecular weight excluding hydrogens is 342 g/mol. The summed E-state index contributed by atoms with van der Waals surface area (Å²) >= 11 is 0. The molecule has 3 N–H and O–H groups in total. The lowest BCUT2D eigenvalue weighted by atomic mass is 10.0. The van der Waals surface area contributed by atoms with E-state index < -0.39 is 29.7 Å². The number of rotatable bonds is 7. The Hall–Kier alpha value is -2.78. The SMILES string of the molecule is O=C1CCC(N2C(=O)c3cccc(NCCOCCO)c3C2=O)C(=O)N1. The first-order valence-corrected chi connectivity index (χ1v) is 8.31. The molecule has 1 unspecified atom stereocenters. The zero-order valence-electron chi connectivity index (χ0n) is 14.0. The molecule has 2 aliphatic heterocycles. The molecule has 2 aliphatic rings. The van der Waals surface area contributed by atoms with Gasteiger partial charge in [-0.15, -0.1) is 0 Å². The van der Waals surface area contributed by atoms with Gasteiger partial charge < -0.3 is 15.2 Å². The molecule has 0 radical (unpaired) electrons. The highest BCUT2D eigenvalue weighted by Crippen LogP contribution is 2.32. The third-order valence-electron chi connectivity index (χ3n) is 4.27. The molecule has 138 valence electrons. The molecule has 26 heavy (non-hydrogen) atoms. The summed E-state index contributed by atoms with van der Waals surface area (Å²) in [5, 5.41) is 13.9. The third-order valence-corrected chi connectivity index (χ3v) is 4.27. The zero-order chi connectivity index (χ0) is 18.7. The Labute approximate surface area is 149 Å². The molecule has 0 saturated carbocycles. The van der Waals surface area contributed by atoms with Crippen molar-refractivity contribution in [2.24, 2.45) is 0 Å². The number of amides is 4. The highest BCUT2D eigenvalue weighted by atomic mass is 16.5. The first-order chi connectivity index (χ1) is 12.5. The van der Waals surface area contributed by atoms with Crippen LogP contribution in [-0.2, 0) is 14.3 Å². The molecule has 0 aromatic heterocycles. The van der Waals surface area contributed by atoms with Gasteiger partial charge in [-0.1, -0.05) is 6.07 Å². The number of imide groups is 2. The Morgan fingerprint density at radius 3 is 2.73 bits per heavy atom. The van der Waals surface area contributed by atoms with Gasteiger partial charge in [0.2, 0.25) is 11.8 Å². The average molecular weight is 361 g/mol. The number of fused-ring (bicyclic) bond motifs is 1. The van der Waals surface area contributed by atoms with E-state index >= 15 is 0 Å². The number of anilines is 1. The van der Waals surface area contributed by atoms with E-state index in [1.165, 1.54) is 6.07 Å². The maximum Gasteiger partial charge on any atom is 0.264 e. The number of ether oxygens (including phenoxy) is 1. The molecule has 3 rings (SSSR count). The van der Waals surface area contributed by atoms with Gasteiger partial charge in [-0.05, 0) is 18.6 Å². The first kappa shape index (κ1) is 18.0. The highest BCUT2D eigenvalue weighted by Gasteiger charge is 2.45. The standard InChI is InChI=1S/C17H19N3O6/c21-7-9-26-8-6-18-11-3-1-2-10-14(11)17(25)20(16(10)24)12-4-5-13(22)19-15(12)23/h1-3,12,18,21H,4-9H2,(H,19,22,23). The molecule has 9 nitrogen and oxygen atoms in total. The van der Waals surface area contributed by atoms with E-state index in [1.54, 1.807) is 12.1 Å². The van der Waals surface area contributed by atoms with Gasteiger partial charge in [0, 0.05) is 18.7 Å². The minimum atomic E-state index is -0.985. The van der Waals surface area contributed by atoms with Crippen molar-refractivity contribution in [2.75, 3.05) is 31.7 Å². The van der Waals surface area contributed by atoms with Crippen LogP contribution in [0, 0.1) is 0 Å². The van der Waals surface area contributed by atoms with Gasteiger partial charge in [0.05, 0.1) is 30.9 Å². The van der Waals surface area contributed by atoms with Gasteiger partial charge in [-0.3, -0.25) is 29.4 Å². The van der Waals surface area contributed by atoms with E-state index in [0.29, 0.717) is 18.8 Å². The molecule has 1 atom stereocenters. The molecule has 1 fully saturated rings. The summed E-state index contributed by atoms with van der Waals surface area (Å²) in [7, 11) is 0. The summed E-state index contributed by atoms with van der Waals surface area (Å²) in [6.45, 7) is 0.851. The maximum atomic E-state index is 12.8. The van der Waals surface area contributed by atoms with Crippen molar-refractivity contribution in [1.29, 1.82) is 0 Å². The number of benzene rings is 1. The number of nitrogens with zero attached hydrogens (tertiary/aromatic N) is 1. The third kappa shape index (κ3) is 3.31. The monoisotopic (exact) mass is 361 g/mol. The quantitative estimate of drug-likeness (QED) is 0.442. The average Bonchev–Trinajstić information content (AvgIpc) is 2.87. The second-order valence-electron chi connectivity index (χ2n) is 5.94. The van der Waals surface area contributed by atoms with E-state index in [2.05, 4.69) is 10.6 Å². The molecule has 1 aromatic carbocycles. The molecule has 9 heteroatoms. The van der Waals surface area contributed by atoms with E-state index in [4.69, 9.17) is 9.84 Å². The number of carbonyl (C=O) groups excluding carboxylic acids is 4. The molecule has 1 aromatic rings. The fourth-order valence-corrected chi connectivity index (χ4v) is 3.09. The fourth-order valence-electron chi connectivity index (χ4n) is 3.09. The van der Waals surface area contributed by atoms with Crippen LogP contribution in [0.1, 0.15) is 33.6 Å². The van der Waals surface area contributed by atoms with Crippen molar-refractivity contribution in [3.63, 3.8) is 0 Å². The van der Waals surface area contributed by atoms with Crippen LogP contribution < -0.4 is 10.6 Å². The molecule has 4 amide bonds. The van der Waals surface area contributed by atoms with Crippen LogP contribution in [0.25, 0.3) is 0 Å². The molecule has 2 heterocycles. The Bertz CT molecular complexity index is 763. The van der Waals surface area contributed by atoms with Crippen LogP contribution in [-0.4, -0.2) is 66.0 Å². The number of hydrogen-bond donors (Lipinski definition) is 3. The number of aliphatic hydroxyl groups excluding tert-OH is 1. The van der Waals surface area contributed by atoms with Crippen LogP contribution in [0.3, 0.4) is 0 Å². The molecule has 1 saturated heterocycles. The van der Waals surface area contributed by atoms with Crippen LogP contribution >= 0.6 is 0 Å². The van der Waals surface area contributed by atoms with Crippen LogP contribution in [0.2, 0.25) is 0 Å². The van der Waals surface area contributed by atoms with Crippen LogP contribution in [0.5, 0.6) is 0 Å². The second kappa shape index (κ2) is 7.63. The number of nitrogens with one attached hydrogen (secondary N) is 2. The molecule has 0 bridgehead atoms. The van der Waals surface area contributed by atoms with Gasteiger partial charge in [0.15, 0.2) is 0 Å². The van der Waals surface area contributed by atoms with Crippen LogP contribution in [0.4, 0.5) is 5.69 Å².